The third kappa shape index (κ3) is 4.35. The lowest BCUT2D eigenvalue weighted by Gasteiger charge is -2.40. The molecule has 0 bridgehead atoms. The van der Waals surface area contributed by atoms with Crippen LogP contribution < -0.4 is 5.63 Å². The van der Waals surface area contributed by atoms with Crippen LogP contribution in [0.2, 0.25) is 0 Å². The van der Waals surface area contributed by atoms with Crippen LogP contribution in [0.4, 0.5) is 0 Å². The molecule has 1 fully saturated rings. The molecule has 0 amide bonds. The molecule has 4 aromatic rings. The van der Waals surface area contributed by atoms with E-state index in [-0.39, 0.29) is 17.4 Å². The Labute approximate surface area is 191 Å². The average molecular weight is 443 g/mol. The molecule has 0 radical (unpaired) electrons. The fraction of sp³-hybridized carbons (Fsp3) is 0.222. The van der Waals surface area contributed by atoms with Crippen LogP contribution in [0.3, 0.4) is 0 Å². The van der Waals surface area contributed by atoms with Crippen LogP contribution in [0, 0.1) is 0 Å². The number of piperazine rings is 1. The fourth-order valence-corrected chi connectivity index (χ4v) is 4.70. The predicted molar refractivity (Wildman–Crippen MR) is 127 cm³/mol. The first-order valence-corrected chi connectivity index (χ1v) is 11.1. The molecular formula is C27H26N2O4. The van der Waals surface area contributed by atoms with Crippen molar-refractivity contribution < 1.29 is 14.6 Å². The van der Waals surface area contributed by atoms with E-state index in [1.54, 1.807) is 6.07 Å². The zero-order chi connectivity index (χ0) is 22.8. The first kappa shape index (κ1) is 21.2. The zero-order valence-electron chi connectivity index (χ0n) is 18.2. The molecule has 1 aliphatic heterocycles. The second kappa shape index (κ2) is 9.10. The van der Waals surface area contributed by atoms with Crippen molar-refractivity contribution in [3.05, 3.63) is 106 Å². The van der Waals surface area contributed by atoms with Gasteiger partial charge in [0.25, 0.3) is 0 Å². The number of hydrogen-bond acceptors (Lipinski definition) is 6. The summed E-state index contributed by atoms with van der Waals surface area (Å²) in [6, 6.07) is 25.9. The molecule has 0 unspecified atom stereocenters. The lowest BCUT2D eigenvalue weighted by molar-refractivity contribution is 0.105. The largest absolute Gasteiger partial charge is 0.504 e. The molecule has 0 aliphatic carbocycles. The first-order chi connectivity index (χ1) is 16.1. The van der Waals surface area contributed by atoms with Gasteiger partial charge in [0.1, 0.15) is 0 Å². The van der Waals surface area contributed by atoms with Crippen LogP contribution in [0.5, 0.6) is 11.5 Å². The van der Waals surface area contributed by atoms with E-state index in [4.69, 9.17) is 4.42 Å². The van der Waals surface area contributed by atoms with Gasteiger partial charge in [-0.25, -0.2) is 4.79 Å². The summed E-state index contributed by atoms with van der Waals surface area (Å²) in [6.07, 6.45) is 0. The lowest BCUT2D eigenvalue weighted by atomic mass is 9.96. The topological polar surface area (TPSA) is 77.2 Å². The molecule has 168 valence electrons. The molecular weight excluding hydrogens is 416 g/mol. The van der Waals surface area contributed by atoms with Gasteiger partial charge in [0, 0.05) is 44.2 Å². The molecule has 1 aliphatic rings. The number of phenols is 2. The average Bonchev–Trinajstić information content (AvgIpc) is 2.84. The minimum Gasteiger partial charge on any atom is -0.504 e. The maximum atomic E-state index is 12.1. The number of fused-ring (bicyclic) bond motifs is 1. The molecule has 5 rings (SSSR count). The van der Waals surface area contributed by atoms with Crippen LogP contribution in [0.15, 0.2) is 88.1 Å². The van der Waals surface area contributed by atoms with E-state index in [2.05, 4.69) is 58.3 Å². The Balaban J connectivity index is 1.36. The van der Waals surface area contributed by atoms with Crippen molar-refractivity contribution in [2.75, 3.05) is 26.2 Å². The summed E-state index contributed by atoms with van der Waals surface area (Å²) in [5, 5.41) is 20.5. The number of phenolic OH excluding ortho intramolecular Hbond substituents is 2. The molecule has 1 saturated heterocycles. The maximum Gasteiger partial charge on any atom is 0.336 e. The number of aromatic hydroxyl groups is 2. The zero-order valence-corrected chi connectivity index (χ0v) is 18.2. The van der Waals surface area contributed by atoms with Gasteiger partial charge in [0.2, 0.25) is 5.75 Å². The van der Waals surface area contributed by atoms with Gasteiger partial charge >= 0.3 is 5.63 Å². The molecule has 6 nitrogen and oxygen atoms in total. The van der Waals surface area contributed by atoms with Gasteiger partial charge in [-0.15, -0.1) is 0 Å². The molecule has 1 aromatic heterocycles. The highest BCUT2D eigenvalue weighted by molar-refractivity contribution is 5.87. The van der Waals surface area contributed by atoms with Gasteiger partial charge in [-0.05, 0) is 28.8 Å². The highest BCUT2D eigenvalue weighted by atomic mass is 16.4. The summed E-state index contributed by atoms with van der Waals surface area (Å²) >= 11 is 0. The summed E-state index contributed by atoms with van der Waals surface area (Å²) in [6.45, 7) is 4.05. The van der Waals surface area contributed by atoms with Crippen molar-refractivity contribution in [3.8, 4) is 11.5 Å². The summed E-state index contributed by atoms with van der Waals surface area (Å²) < 4.78 is 5.16. The van der Waals surface area contributed by atoms with E-state index in [1.807, 2.05) is 12.1 Å². The van der Waals surface area contributed by atoms with Gasteiger partial charge in [0.15, 0.2) is 11.3 Å². The van der Waals surface area contributed by atoms with Crippen molar-refractivity contribution >= 4 is 11.0 Å². The highest BCUT2D eigenvalue weighted by Gasteiger charge is 2.27. The number of benzene rings is 3. The van der Waals surface area contributed by atoms with Crippen LogP contribution in [0.1, 0.15) is 22.7 Å². The quantitative estimate of drug-likeness (QED) is 0.358. The predicted octanol–water partition coefficient (Wildman–Crippen LogP) is 4.11. The molecule has 0 spiro atoms. The Morgan fingerprint density at radius 3 is 2.03 bits per heavy atom. The molecule has 2 heterocycles. The number of hydrogen-bond donors (Lipinski definition) is 2. The van der Waals surface area contributed by atoms with E-state index in [1.165, 1.54) is 23.3 Å². The van der Waals surface area contributed by atoms with Crippen molar-refractivity contribution in [3.63, 3.8) is 0 Å². The fourth-order valence-electron chi connectivity index (χ4n) is 4.70. The number of rotatable bonds is 5. The molecule has 2 N–H and O–H groups in total. The Hall–Kier alpha value is -3.61. The molecule has 33 heavy (non-hydrogen) atoms. The van der Waals surface area contributed by atoms with Crippen molar-refractivity contribution in [1.82, 2.24) is 9.80 Å². The van der Waals surface area contributed by atoms with Crippen LogP contribution in [0.25, 0.3) is 11.0 Å². The Bertz CT molecular complexity index is 1260. The SMILES string of the molecule is O=c1cc(CN2CCN(C(c3ccccc3)c3ccccc3)CC2)c2ccc(O)c(O)c2o1. The summed E-state index contributed by atoms with van der Waals surface area (Å²) in [5.74, 6) is -0.700. The van der Waals surface area contributed by atoms with Gasteiger partial charge in [-0.1, -0.05) is 60.7 Å². The van der Waals surface area contributed by atoms with Crippen LogP contribution in [-0.2, 0) is 6.54 Å². The molecule has 0 saturated carbocycles. The van der Waals surface area contributed by atoms with E-state index in [0.717, 1.165) is 31.7 Å². The van der Waals surface area contributed by atoms with Gasteiger partial charge in [-0.3, -0.25) is 9.80 Å². The molecule has 6 heteroatoms. The van der Waals surface area contributed by atoms with E-state index in [9.17, 15) is 15.0 Å². The minimum atomic E-state index is -0.537. The van der Waals surface area contributed by atoms with Crippen LogP contribution in [-0.4, -0.2) is 46.2 Å². The number of nitrogens with zero attached hydrogens (tertiary/aromatic N) is 2. The Morgan fingerprint density at radius 2 is 1.42 bits per heavy atom. The van der Waals surface area contributed by atoms with Gasteiger partial charge in [0.05, 0.1) is 6.04 Å². The second-order valence-corrected chi connectivity index (χ2v) is 8.44. The lowest BCUT2D eigenvalue weighted by Crippen LogP contribution is -2.47. The van der Waals surface area contributed by atoms with E-state index < -0.39 is 11.4 Å². The Kier molecular flexibility index (Phi) is 5.86. The van der Waals surface area contributed by atoms with Crippen molar-refractivity contribution in [2.45, 2.75) is 12.6 Å². The summed E-state index contributed by atoms with van der Waals surface area (Å²) in [5.41, 5.74) is 2.83. The third-order valence-electron chi connectivity index (χ3n) is 6.35. The smallest absolute Gasteiger partial charge is 0.336 e. The maximum absolute atomic E-state index is 12.1. The van der Waals surface area contributed by atoms with E-state index in [0.29, 0.717) is 11.9 Å². The van der Waals surface area contributed by atoms with Gasteiger partial charge in [-0.2, -0.15) is 0 Å². The van der Waals surface area contributed by atoms with Gasteiger partial charge < -0.3 is 14.6 Å². The molecule has 0 atom stereocenters. The normalized spacial score (nSPS) is 15.3. The van der Waals surface area contributed by atoms with Crippen molar-refractivity contribution in [2.24, 2.45) is 0 Å². The summed E-state index contributed by atoms with van der Waals surface area (Å²) in [4.78, 5) is 16.9. The standard InChI is InChI=1S/C27H26N2O4/c30-23-12-11-22-21(17-24(31)33-27(22)26(23)32)18-28-13-15-29(16-14-28)25(19-7-3-1-4-8-19)20-9-5-2-6-10-20/h1-12,17,25,30,32H,13-16,18H2. The van der Waals surface area contributed by atoms with Crippen molar-refractivity contribution in [1.29, 1.82) is 0 Å². The Morgan fingerprint density at radius 1 is 0.818 bits per heavy atom. The highest BCUT2D eigenvalue weighted by Crippen LogP contribution is 2.35. The monoisotopic (exact) mass is 442 g/mol. The molecule has 3 aromatic carbocycles. The third-order valence-corrected chi connectivity index (χ3v) is 6.35. The first-order valence-electron chi connectivity index (χ1n) is 11.1. The second-order valence-electron chi connectivity index (χ2n) is 8.44. The summed E-state index contributed by atoms with van der Waals surface area (Å²) in [7, 11) is 0. The van der Waals surface area contributed by atoms with E-state index >= 15 is 0 Å². The minimum absolute atomic E-state index is 0.0318. The van der Waals surface area contributed by atoms with Crippen LogP contribution >= 0.6 is 0 Å².